The highest BCUT2D eigenvalue weighted by molar-refractivity contribution is 5.67. The van der Waals surface area contributed by atoms with Crippen LogP contribution in [-0.4, -0.2) is 166 Å². The number of carbonyl (C=O) groups excluding carboxylic acids is 1. The summed E-state index contributed by atoms with van der Waals surface area (Å²) in [6, 6.07) is 0. The van der Waals surface area contributed by atoms with E-state index in [2.05, 4.69) is 21.6 Å². The fourth-order valence-electron chi connectivity index (χ4n) is 4.77. The Kier molecular flexibility index (Phi) is 19.2. The minimum atomic E-state index is -0.609. The monoisotopic (exact) mass is 534 g/mol. The second-order valence-corrected chi connectivity index (χ2v) is 10.1. The molecule has 1 aliphatic heterocycles. The maximum Gasteiger partial charge on any atom is 0.409 e. The lowest BCUT2D eigenvalue weighted by Gasteiger charge is -2.33. The molecule has 1 heterocycles. The van der Waals surface area contributed by atoms with Gasteiger partial charge in [-0.1, -0.05) is 19.8 Å². The maximum atomic E-state index is 12.4. The smallest absolute Gasteiger partial charge is 0.409 e. The lowest BCUT2D eigenvalue weighted by Crippen LogP contribution is -2.46. The summed E-state index contributed by atoms with van der Waals surface area (Å²) in [4.78, 5) is 20.8. The van der Waals surface area contributed by atoms with Crippen molar-refractivity contribution in [2.45, 2.75) is 57.3 Å². The Morgan fingerprint density at radius 2 is 1.16 bits per heavy atom. The predicted molar refractivity (Wildman–Crippen MR) is 144 cm³/mol. The van der Waals surface area contributed by atoms with Gasteiger partial charge in [-0.3, -0.25) is 14.7 Å². The van der Waals surface area contributed by atoms with E-state index in [-0.39, 0.29) is 25.4 Å². The maximum absolute atomic E-state index is 12.4. The molecule has 0 spiro atoms. The molecule has 3 atom stereocenters. The highest BCUT2D eigenvalue weighted by Crippen LogP contribution is 2.08. The summed E-state index contributed by atoms with van der Waals surface area (Å²) in [7, 11) is 4.56. The van der Waals surface area contributed by atoms with Gasteiger partial charge >= 0.3 is 6.09 Å². The minimum absolute atomic E-state index is 0.256. The van der Waals surface area contributed by atoms with Crippen LogP contribution in [0.15, 0.2) is 0 Å². The van der Waals surface area contributed by atoms with E-state index in [9.17, 15) is 20.1 Å². The molecule has 37 heavy (non-hydrogen) atoms. The lowest BCUT2D eigenvalue weighted by atomic mass is 10.1. The number of rotatable bonds is 13. The number of aliphatic hydroxyl groups is 3. The molecule has 11 heteroatoms. The Bertz CT molecular complexity index is 575. The van der Waals surface area contributed by atoms with E-state index < -0.39 is 12.2 Å². The molecule has 11 nitrogen and oxygen atoms in total. The van der Waals surface area contributed by atoms with Gasteiger partial charge in [0, 0.05) is 66.6 Å². The SMILES string of the molecule is CCCCC(O)CN1CCCN(C(=O)OC)CCN(CC(O)COC)CCCN(CC(O)COC)CC1. The summed E-state index contributed by atoms with van der Waals surface area (Å²) in [6.45, 7) is 9.70. The fourth-order valence-corrected chi connectivity index (χ4v) is 4.77. The first-order valence-electron chi connectivity index (χ1n) is 13.8. The average Bonchev–Trinajstić information content (AvgIpc) is 2.86. The van der Waals surface area contributed by atoms with Crippen LogP contribution in [-0.2, 0) is 14.2 Å². The van der Waals surface area contributed by atoms with Crippen molar-refractivity contribution in [3.63, 3.8) is 0 Å². The van der Waals surface area contributed by atoms with Gasteiger partial charge in [-0.05, 0) is 38.9 Å². The molecule has 0 aliphatic carbocycles. The van der Waals surface area contributed by atoms with E-state index in [0.717, 1.165) is 64.8 Å². The number of methoxy groups -OCH3 is 3. The number of amides is 1. The first-order chi connectivity index (χ1) is 17.8. The van der Waals surface area contributed by atoms with Crippen molar-refractivity contribution >= 4 is 6.09 Å². The summed E-state index contributed by atoms with van der Waals surface area (Å²) >= 11 is 0. The number of carbonyl (C=O) groups is 1. The Morgan fingerprint density at radius 3 is 1.62 bits per heavy atom. The van der Waals surface area contributed by atoms with Gasteiger partial charge in [-0.15, -0.1) is 0 Å². The van der Waals surface area contributed by atoms with Crippen LogP contribution in [0.3, 0.4) is 0 Å². The standard InChI is InChI=1S/C26H54N4O7/c1-5-6-9-23(31)18-27-12-8-13-30(26(34)37-4)17-16-29(20-25(33)22-36-3)11-7-10-28(15-14-27)19-24(32)21-35-2/h23-25,31-33H,5-22H2,1-4H3. The van der Waals surface area contributed by atoms with Gasteiger partial charge < -0.3 is 34.4 Å². The van der Waals surface area contributed by atoms with Gasteiger partial charge in [0.15, 0.2) is 0 Å². The largest absolute Gasteiger partial charge is 0.453 e. The van der Waals surface area contributed by atoms with Gasteiger partial charge in [-0.2, -0.15) is 0 Å². The van der Waals surface area contributed by atoms with E-state index in [1.165, 1.54) is 7.11 Å². The zero-order valence-electron chi connectivity index (χ0n) is 23.7. The molecule has 1 saturated heterocycles. The van der Waals surface area contributed by atoms with Crippen LogP contribution >= 0.6 is 0 Å². The molecule has 0 aromatic rings. The van der Waals surface area contributed by atoms with Crippen molar-refractivity contribution in [1.82, 2.24) is 19.6 Å². The molecule has 0 aromatic heterocycles. The van der Waals surface area contributed by atoms with E-state index >= 15 is 0 Å². The van der Waals surface area contributed by atoms with E-state index in [1.54, 1.807) is 19.1 Å². The first kappa shape index (κ1) is 34.0. The van der Waals surface area contributed by atoms with Crippen LogP contribution in [0.25, 0.3) is 0 Å². The molecular weight excluding hydrogens is 480 g/mol. The summed E-state index contributed by atoms with van der Waals surface area (Å²) in [5.41, 5.74) is 0. The van der Waals surface area contributed by atoms with Crippen molar-refractivity contribution in [3.8, 4) is 0 Å². The number of hydrogen-bond donors (Lipinski definition) is 3. The van der Waals surface area contributed by atoms with Crippen LogP contribution in [0.4, 0.5) is 4.79 Å². The molecular formula is C26H54N4O7. The molecule has 0 aromatic carbocycles. The zero-order valence-corrected chi connectivity index (χ0v) is 23.7. The van der Waals surface area contributed by atoms with E-state index in [0.29, 0.717) is 39.3 Å². The molecule has 1 fully saturated rings. The fraction of sp³-hybridized carbons (Fsp3) is 0.962. The third-order valence-electron chi connectivity index (χ3n) is 6.72. The third kappa shape index (κ3) is 15.8. The van der Waals surface area contributed by atoms with Crippen molar-refractivity contribution in [3.05, 3.63) is 0 Å². The summed E-state index contributed by atoms with van der Waals surface area (Å²) < 4.78 is 15.3. The topological polar surface area (TPSA) is 118 Å². The van der Waals surface area contributed by atoms with Crippen molar-refractivity contribution in [2.75, 3.05) is 107 Å². The lowest BCUT2D eigenvalue weighted by molar-refractivity contribution is 0.0256. The molecule has 3 N–H and O–H groups in total. The van der Waals surface area contributed by atoms with E-state index in [4.69, 9.17) is 14.2 Å². The quantitative estimate of drug-likeness (QED) is 0.305. The molecule has 1 amide bonds. The number of aliphatic hydroxyl groups excluding tert-OH is 3. The van der Waals surface area contributed by atoms with Crippen molar-refractivity contribution < 1.29 is 34.3 Å². The van der Waals surface area contributed by atoms with Gasteiger partial charge in [0.2, 0.25) is 0 Å². The summed E-state index contributed by atoms with van der Waals surface area (Å²) in [5, 5.41) is 31.3. The second-order valence-electron chi connectivity index (χ2n) is 10.1. The molecule has 0 saturated carbocycles. The van der Waals surface area contributed by atoms with Gasteiger partial charge in [0.05, 0.1) is 38.6 Å². The third-order valence-corrected chi connectivity index (χ3v) is 6.72. The summed E-state index contributed by atoms with van der Waals surface area (Å²) in [5.74, 6) is 0. The van der Waals surface area contributed by atoms with Crippen molar-refractivity contribution in [1.29, 1.82) is 0 Å². The molecule has 220 valence electrons. The summed E-state index contributed by atoms with van der Waals surface area (Å²) in [6.07, 6.45) is 2.52. The van der Waals surface area contributed by atoms with Crippen LogP contribution < -0.4 is 0 Å². The highest BCUT2D eigenvalue weighted by atomic mass is 16.5. The number of ether oxygens (including phenoxy) is 3. The van der Waals surface area contributed by atoms with Crippen LogP contribution in [0.2, 0.25) is 0 Å². The van der Waals surface area contributed by atoms with Crippen LogP contribution in [0.5, 0.6) is 0 Å². The first-order valence-corrected chi connectivity index (χ1v) is 13.8. The molecule has 1 rings (SSSR count). The van der Waals surface area contributed by atoms with Gasteiger partial charge in [0.25, 0.3) is 0 Å². The van der Waals surface area contributed by atoms with Crippen LogP contribution in [0.1, 0.15) is 39.0 Å². The Labute approximate surface area is 224 Å². The Hall–Kier alpha value is -1.05. The molecule has 0 radical (unpaired) electrons. The number of hydrogen-bond acceptors (Lipinski definition) is 10. The average molecular weight is 535 g/mol. The molecule has 1 aliphatic rings. The minimum Gasteiger partial charge on any atom is -0.453 e. The Balaban J connectivity index is 2.97. The highest BCUT2D eigenvalue weighted by Gasteiger charge is 2.21. The second kappa shape index (κ2) is 20.9. The molecule has 3 unspecified atom stereocenters. The zero-order chi connectivity index (χ0) is 27.5. The van der Waals surface area contributed by atoms with Gasteiger partial charge in [0.1, 0.15) is 0 Å². The van der Waals surface area contributed by atoms with Crippen molar-refractivity contribution in [2.24, 2.45) is 0 Å². The van der Waals surface area contributed by atoms with Gasteiger partial charge in [-0.25, -0.2) is 4.79 Å². The number of unbranched alkanes of at least 4 members (excludes halogenated alkanes) is 1. The normalized spacial score (nSPS) is 20.8. The predicted octanol–water partition coefficient (Wildman–Crippen LogP) is 0.320. The number of β-amino-alcohol motifs (C(OH)–C–C–N with tert-alkyl or cyclic N) is 3. The van der Waals surface area contributed by atoms with Crippen LogP contribution in [0, 0.1) is 0 Å². The molecule has 0 bridgehead atoms. The number of nitrogens with zero attached hydrogens (tertiary/aromatic N) is 4. The Morgan fingerprint density at radius 1 is 0.703 bits per heavy atom. The van der Waals surface area contributed by atoms with E-state index in [1.807, 2.05) is 0 Å².